The topological polar surface area (TPSA) is 64.7 Å². The first-order valence-corrected chi connectivity index (χ1v) is 9.45. The van der Waals surface area contributed by atoms with E-state index in [2.05, 4.69) is 27.4 Å². The molecule has 0 saturated carbocycles. The third kappa shape index (κ3) is 5.37. The van der Waals surface area contributed by atoms with Crippen LogP contribution in [0.4, 0.5) is 15.8 Å². The largest absolute Gasteiger partial charge is 0.324 e. The number of carbonyl (C=O) groups is 2. The van der Waals surface area contributed by atoms with Crippen LogP contribution in [0.3, 0.4) is 0 Å². The molecule has 7 heteroatoms. The molecule has 2 aromatic rings. The summed E-state index contributed by atoms with van der Waals surface area (Å²) in [5, 5.41) is 5.56. The molecular weight excluding hydrogens is 359 g/mol. The number of rotatable bonds is 6. The van der Waals surface area contributed by atoms with E-state index in [1.807, 2.05) is 0 Å². The van der Waals surface area contributed by atoms with Gasteiger partial charge in [-0.05, 0) is 42.9 Å². The van der Waals surface area contributed by atoms with Gasteiger partial charge >= 0.3 is 0 Å². The molecule has 1 aliphatic rings. The number of likely N-dealkylation sites (N-methyl/N-ethyl adjacent to an activating group) is 1. The summed E-state index contributed by atoms with van der Waals surface area (Å²) in [5.74, 6) is -0.878. The van der Waals surface area contributed by atoms with Crippen molar-refractivity contribution < 1.29 is 14.0 Å². The van der Waals surface area contributed by atoms with E-state index >= 15 is 0 Å². The molecule has 1 fully saturated rings. The van der Waals surface area contributed by atoms with Crippen LogP contribution in [0.25, 0.3) is 0 Å². The van der Waals surface area contributed by atoms with Gasteiger partial charge in [-0.3, -0.25) is 14.5 Å². The first-order chi connectivity index (χ1) is 13.5. The van der Waals surface area contributed by atoms with E-state index in [4.69, 9.17) is 0 Å². The van der Waals surface area contributed by atoms with Gasteiger partial charge < -0.3 is 15.5 Å². The maximum atomic E-state index is 13.0. The molecule has 1 aliphatic heterocycles. The third-order valence-electron chi connectivity index (χ3n) is 4.83. The molecular formula is C21H25FN4O2. The molecule has 2 aromatic carbocycles. The number of nitrogens with zero attached hydrogens (tertiary/aromatic N) is 2. The minimum Gasteiger partial charge on any atom is -0.324 e. The van der Waals surface area contributed by atoms with Crippen LogP contribution >= 0.6 is 0 Å². The molecule has 0 aliphatic carbocycles. The Morgan fingerprint density at radius 2 is 1.57 bits per heavy atom. The fourth-order valence-electron chi connectivity index (χ4n) is 3.18. The van der Waals surface area contributed by atoms with Crippen molar-refractivity contribution >= 4 is 23.2 Å². The van der Waals surface area contributed by atoms with Gasteiger partial charge in [-0.2, -0.15) is 0 Å². The number of hydrogen-bond acceptors (Lipinski definition) is 4. The fraction of sp³-hybridized carbons (Fsp3) is 0.333. The van der Waals surface area contributed by atoms with Gasteiger partial charge in [0.25, 0.3) is 5.91 Å². The Bertz CT molecular complexity index is 817. The van der Waals surface area contributed by atoms with E-state index in [9.17, 15) is 14.0 Å². The zero-order chi connectivity index (χ0) is 19.9. The molecule has 0 atom stereocenters. The first kappa shape index (κ1) is 20.0. The van der Waals surface area contributed by atoms with E-state index in [0.717, 1.165) is 32.7 Å². The molecule has 0 aromatic heterocycles. The maximum Gasteiger partial charge on any atom is 0.257 e. The number of benzene rings is 2. The zero-order valence-corrected chi connectivity index (χ0v) is 16.0. The predicted octanol–water partition coefficient (Wildman–Crippen LogP) is 2.65. The number of para-hydroxylation sites is 1. The van der Waals surface area contributed by atoms with Crippen molar-refractivity contribution in [2.45, 2.75) is 6.92 Å². The fourth-order valence-corrected chi connectivity index (χ4v) is 3.18. The van der Waals surface area contributed by atoms with E-state index in [-0.39, 0.29) is 17.6 Å². The number of hydrogen-bond donors (Lipinski definition) is 2. The lowest BCUT2D eigenvalue weighted by Crippen LogP contribution is -2.48. The molecule has 1 saturated heterocycles. The minimum atomic E-state index is -0.370. The van der Waals surface area contributed by atoms with Crippen LogP contribution in [0.5, 0.6) is 0 Å². The van der Waals surface area contributed by atoms with E-state index in [1.54, 1.807) is 24.3 Å². The number of anilines is 2. The third-order valence-corrected chi connectivity index (χ3v) is 4.83. The first-order valence-electron chi connectivity index (χ1n) is 9.45. The summed E-state index contributed by atoms with van der Waals surface area (Å²) < 4.78 is 13.0. The van der Waals surface area contributed by atoms with Gasteiger partial charge in [0.2, 0.25) is 5.91 Å². The molecule has 2 amide bonds. The zero-order valence-electron chi connectivity index (χ0n) is 16.0. The van der Waals surface area contributed by atoms with Gasteiger partial charge in [-0.15, -0.1) is 0 Å². The molecule has 2 N–H and O–H groups in total. The number of nitrogens with one attached hydrogen (secondary N) is 2. The van der Waals surface area contributed by atoms with Crippen LogP contribution in [-0.4, -0.2) is 60.9 Å². The molecule has 0 spiro atoms. The summed E-state index contributed by atoms with van der Waals surface area (Å²) in [5.41, 5.74) is 1.30. The normalized spacial score (nSPS) is 15.2. The Labute approximate surface area is 164 Å². The summed E-state index contributed by atoms with van der Waals surface area (Å²) in [4.78, 5) is 29.5. The van der Waals surface area contributed by atoms with Crippen molar-refractivity contribution in [2.24, 2.45) is 0 Å². The summed E-state index contributed by atoms with van der Waals surface area (Å²) in [6.45, 7) is 7.08. The van der Waals surface area contributed by atoms with Gasteiger partial charge in [-0.1, -0.05) is 19.1 Å². The van der Waals surface area contributed by atoms with Crippen molar-refractivity contribution in [2.75, 3.05) is 49.9 Å². The lowest BCUT2D eigenvalue weighted by atomic mass is 10.1. The van der Waals surface area contributed by atoms with Gasteiger partial charge in [-0.25, -0.2) is 4.39 Å². The number of halogens is 1. The molecule has 0 radical (unpaired) electrons. The quantitative estimate of drug-likeness (QED) is 0.804. The Kier molecular flexibility index (Phi) is 6.73. The molecule has 3 rings (SSSR count). The smallest absolute Gasteiger partial charge is 0.257 e. The van der Waals surface area contributed by atoms with Crippen molar-refractivity contribution in [1.82, 2.24) is 9.80 Å². The highest BCUT2D eigenvalue weighted by Crippen LogP contribution is 2.18. The minimum absolute atomic E-state index is 0.146. The molecule has 6 nitrogen and oxygen atoms in total. The summed E-state index contributed by atoms with van der Waals surface area (Å²) in [6, 6.07) is 12.4. The van der Waals surface area contributed by atoms with Crippen molar-refractivity contribution in [3.8, 4) is 0 Å². The second-order valence-corrected chi connectivity index (χ2v) is 6.77. The van der Waals surface area contributed by atoms with Crippen LogP contribution in [0, 0.1) is 5.82 Å². The predicted molar refractivity (Wildman–Crippen MR) is 108 cm³/mol. The average Bonchev–Trinajstić information content (AvgIpc) is 2.70. The SMILES string of the molecule is CCN1CCN(CC(=O)Nc2ccccc2C(=O)Nc2ccc(F)cc2)CC1. The van der Waals surface area contributed by atoms with Crippen LogP contribution in [-0.2, 0) is 4.79 Å². The summed E-state index contributed by atoms with van der Waals surface area (Å²) in [6.07, 6.45) is 0. The number of amides is 2. The van der Waals surface area contributed by atoms with Crippen LogP contribution in [0.1, 0.15) is 17.3 Å². The highest BCUT2D eigenvalue weighted by molar-refractivity contribution is 6.10. The maximum absolute atomic E-state index is 13.0. The molecule has 0 bridgehead atoms. The lowest BCUT2D eigenvalue weighted by molar-refractivity contribution is -0.117. The highest BCUT2D eigenvalue weighted by Gasteiger charge is 2.19. The molecule has 1 heterocycles. The number of piperazine rings is 1. The van der Waals surface area contributed by atoms with Crippen LogP contribution in [0.2, 0.25) is 0 Å². The van der Waals surface area contributed by atoms with E-state index in [0.29, 0.717) is 23.5 Å². The lowest BCUT2D eigenvalue weighted by Gasteiger charge is -2.33. The van der Waals surface area contributed by atoms with Gasteiger partial charge in [0.1, 0.15) is 5.82 Å². The van der Waals surface area contributed by atoms with Crippen molar-refractivity contribution in [3.05, 3.63) is 59.9 Å². The average molecular weight is 384 g/mol. The second-order valence-electron chi connectivity index (χ2n) is 6.77. The van der Waals surface area contributed by atoms with E-state index < -0.39 is 0 Å². The Balaban J connectivity index is 1.61. The Hall–Kier alpha value is -2.77. The monoisotopic (exact) mass is 384 g/mol. The van der Waals surface area contributed by atoms with Crippen molar-refractivity contribution in [3.63, 3.8) is 0 Å². The van der Waals surface area contributed by atoms with Crippen molar-refractivity contribution in [1.29, 1.82) is 0 Å². The van der Waals surface area contributed by atoms with Gasteiger partial charge in [0, 0.05) is 31.9 Å². The van der Waals surface area contributed by atoms with Crippen LogP contribution < -0.4 is 10.6 Å². The van der Waals surface area contributed by atoms with E-state index in [1.165, 1.54) is 24.3 Å². The Morgan fingerprint density at radius 1 is 0.929 bits per heavy atom. The number of carbonyl (C=O) groups excluding carboxylic acids is 2. The molecule has 148 valence electrons. The highest BCUT2D eigenvalue weighted by atomic mass is 19.1. The van der Waals surface area contributed by atoms with Crippen LogP contribution in [0.15, 0.2) is 48.5 Å². The summed E-state index contributed by atoms with van der Waals surface area (Å²) in [7, 11) is 0. The second kappa shape index (κ2) is 9.43. The molecule has 0 unspecified atom stereocenters. The molecule has 28 heavy (non-hydrogen) atoms. The Morgan fingerprint density at radius 3 is 2.25 bits per heavy atom. The standard InChI is InChI=1S/C21H25FN4O2/c1-2-25-11-13-26(14-12-25)15-20(27)24-19-6-4-3-5-18(19)21(28)23-17-9-7-16(22)8-10-17/h3-10H,2,11-15H2,1H3,(H,23,28)(H,24,27). The van der Waals surface area contributed by atoms with Gasteiger partial charge in [0.05, 0.1) is 17.8 Å². The summed E-state index contributed by atoms with van der Waals surface area (Å²) >= 11 is 0. The van der Waals surface area contributed by atoms with Gasteiger partial charge in [0.15, 0.2) is 0 Å².